The van der Waals surface area contributed by atoms with Gasteiger partial charge in [-0.05, 0) is 49.9 Å². The van der Waals surface area contributed by atoms with Crippen LogP contribution in [0.4, 0.5) is 0 Å². The first kappa shape index (κ1) is 17.0. The first-order valence-corrected chi connectivity index (χ1v) is 7.58. The fraction of sp³-hybridized carbons (Fsp3) is 0.625. The molecule has 0 spiro atoms. The Morgan fingerprint density at radius 1 is 1.20 bits per heavy atom. The Morgan fingerprint density at radius 3 is 2.55 bits per heavy atom. The third-order valence-corrected chi connectivity index (χ3v) is 3.22. The van der Waals surface area contributed by atoms with Gasteiger partial charge in [0.1, 0.15) is 5.75 Å². The van der Waals surface area contributed by atoms with Crippen molar-refractivity contribution >= 4 is 0 Å². The number of benzene rings is 1. The first-order chi connectivity index (χ1) is 9.81. The molecule has 0 heterocycles. The van der Waals surface area contributed by atoms with Crippen molar-refractivity contribution in [1.82, 2.24) is 5.32 Å². The fourth-order valence-corrected chi connectivity index (χ4v) is 2.04. The first-order valence-electron chi connectivity index (χ1n) is 7.58. The minimum atomic E-state index is 0.185. The molecule has 0 aliphatic carbocycles. The zero-order valence-corrected chi connectivity index (χ0v) is 12.5. The van der Waals surface area contributed by atoms with Crippen LogP contribution >= 0.6 is 0 Å². The Balaban J connectivity index is 2.40. The van der Waals surface area contributed by atoms with Crippen molar-refractivity contribution in [1.29, 1.82) is 0 Å². The summed E-state index contributed by atoms with van der Waals surface area (Å²) in [6.45, 7) is 4.63. The molecule has 114 valence electrons. The van der Waals surface area contributed by atoms with Crippen LogP contribution in [0.25, 0.3) is 0 Å². The van der Waals surface area contributed by atoms with Gasteiger partial charge < -0.3 is 20.9 Å². The molecule has 0 saturated carbocycles. The lowest BCUT2D eigenvalue weighted by Crippen LogP contribution is -2.29. The van der Waals surface area contributed by atoms with Crippen molar-refractivity contribution in [2.75, 3.05) is 26.3 Å². The number of nitrogens with two attached hydrogens (primary N) is 1. The van der Waals surface area contributed by atoms with E-state index in [4.69, 9.17) is 15.6 Å². The van der Waals surface area contributed by atoms with Crippen LogP contribution in [-0.2, 0) is 0 Å². The lowest BCUT2D eigenvalue weighted by Gasteiger charge is -2.17. The van der Waals surface area contributed by atoms with Gasteiger partial charge in [-0.1, -0.05) is 19.1 Å². The second kappa shape index (κ2) is 10.7. The van der Waals surface area contributed by atoms with Crippen LogP contribution < -0.4 is 15.8 Å². The van der Waals surface area contributed by atoms with Crippen molar-refractivity contribution in [2.24, 2.45) is 5.73 Å². The molecule has 1 aromatic carbocycles. The zero-order chi connectivity index (χ0) is 14.6. The SMILES string of the molecule is CCCOc1ccc(C(CN)NCCCCCO)cc1. The molecule has 1 rings (SSSR count). The molecule has 0 saturated heterocycles. The molecule has 0 radical (unpaired) electrons. The predicted molar refractivity (Wildman–Crippen MR) is 83.0 cm³/mol. The van der Waals surface area contributed by atoms with E-state index < -0.39 is 0 Å². The standard InChI is InChI=1S/C16H28N2O2/c1-2-12-20-15-8-6-14(7-9-15)16(13-17)18-10-4-3-5-11-19/h6-9,16,18-19H,2-5,10-13,17H2,1H3. The summed E-state index contributed by atoms with van der Waals surface area (Å²) in [5.74, 6) is 0.911. The molecule has 1 atom stereocenters. The summed E-state index contributed by atoms with van der Waals surface area (Å²) in [6, 6.07) is 8.33. The number of rotatable bonds is 11. The molecule has 1 aromatic rings. The summed E-state index contributed by atoms with van der Waals surface area (Å²) in [5.41, 5.74) is 7.02. The highest BCUT2D eigenvalue weighted by atomic mass is 16.5. The van der Waals surface area contributed by atoms with E-state index in [9.17, 15) is 0 Å². The van der Waals surface area contributed by atoms with E-state index in [1.54, 1.807) is 0 Å². The highest BCUT2D eigenvalue weighted by Crippen LogP contribution is 2.17. The molecule has 0 bridgehead atoms. The average Bonchev–Trinajstić information content (AvgIpc) is 2.49. The summed E-state index contributed by atoms with van der Waals surface area (Å²) < 4.78 is 5.57. The average molecular weight is 280 g/mol. The second-order valence-electron chi connectivity index (χ2n) is 4.94. The van der Waals surface area contributed by atoms with Gasteiger partial charge >= 0.3 is 0 Å². The number of aliphatic hydroxyl groups is 1. The van der Waals surface area contributed by atoms with Crippen molar-refractivity contribution in [3.8, 4) is 5.75 Å². The van der Waals surface area contributed by atoms with E-state index in [1.165, 1.54) is 5.56 Å². The van der Waals surface area contributed by atoms with Crippen LogP contribution in [0.1, 0.15) is 44.2 Å². The van der Waals surface area contributed by atoms with Gasteiger partial charge in [-0.25, -0.2) is 0 Å². The maximum Gasteiger partial charge on any atom is 0.119 e. The number of hydrogen-bond acceptors (Lipinski definition) is 4. The molecule has 4 N–H and O–H groups in total. The van der Waals surface area contributed by atoms with Gasteiger partial charge in [0.15, 0.2) is 0 Å². The summed E-state index contributed by atoms with van der Waals surface area (Å²) >= 11 is 0. The topological polar surface area (TPSA) is 67.5 Å². The van der Waals surface area contributed by atoms with Gasteiger partial charge in [0.2, 0.25) is 0 Å². The van der Waals surface area contributed by atoms with Crippen molar-refractivity contribution in [2.45, 2.75) is 38.6 Å². The van der Waals surface area contributed by atoms with E-state index >= 15 is 0 Å². The molecule has 1 unspecified atom stereocenters. The second-order valence-corrected chi connectivity index (χ2v) is 4.94. The lowest BCUT2D eigenvalue weighted by atomic mass is 10.1. The third kappa shape index (κ3) is 6.37. The Kier molecular flexibility index (Phi) is 9.04. The molecule has 0 aromatic heterocycles. The van der Waals surface area contributed by atoms with Gasteiger partial charge in [0.25, 0.3) is 0 Å². The van der Waals surface area contributed by atoms with Gasteiger partial charge in [-0.2, -0.15) is 0 Å². The van der Waals surface area contributed by atoms with Gasteiger partial charge in [-0.15, -0.1) is 0 Å². The predicted octanol–water partition coefficient (Wildman–Crippen LogP) is 2.23. The molecular formula is C16H28N2O2. The highest BCUT2D eigenvalue weighted by Gasteiger charge is 2.08. The minimum absolute atomic E-state index is 0.185. The summed E-state index contributed by atoms with van der Waals surface area (Å²) in [5, 5.41) is 12.2. The monoisotopic (exact) mass is 280 g/mol. The van der Waals surface area contributed by atoms with Crippen molar-refractivity contribution in [3.05, 3.63) is 29.8 Å². The molecule has 0 aliphatic rings. The van der Waals surface area contributed by atoms with E-state index in [1.807, 2.05) is 12.1 Å². The van der Waals surface area contributed by atoms with Crippen molar-refractivity contribution in [3.63, 3.8) is 0 Å². The number of unbranched alkanes of at least 4 members (excludes halogenated alkanes) is 2. The molecule has 4 nitrogen and oxygen atoms in total. The van der Waals surface area contributed by atoms with Crippen LogP contribution in [0.2, 0.25) is 0 Å². The van der Waals surface area contributed by atoms with Gasteiger partial charge in [0.05, 0.1) is 6.61 Å². The maximum absolute atomic E-state index is 8.73. The van der Waals surface area contributed by atoms with Crippen LogP contribution in [0.15, 0.2) is 24.3 Å². The molecule has 0 aliphatic heterocycles. The van der Waals surface area contributed by atoms with Gasteiger partial charge in [-0.3, -0.25) is 0 Å². The Bertz CT molecular complexity index is 341. The Hall–Kier alpha value is -1.10. The van der Waals surface area contributed by atoms with Crippen LogP contribution in [0.5, 0.6) is 5.75 Å². The molecular weight excluding hydrogens is 252 g/mol. The third-order valence-electron chi connectivity index (χ3n) is 3.22. The van der Waals surface area contributed by atoms with E-state index in [0.29, 0.717) is 6.54 Å². The largest absolute Gasteiger partial charge is 0.494 e. The van der Waals surface area contributed by atoms with Crippen LogP contribution in [0.3, 0.4) is 0 Å². The number of hydrogen-bond donors (Lipinski definition) is 3. The molecule has 0 amide bonds. The van der Waals surface area contributed by atoms with E-state index in [0.717, 1.165) is 44.6 Å². The zero-order valence-electron chi connectivity index (χ0n) is 12.5. The molecule has 20 heavy (non-hydrogen) atoms. The highest BCUT2D eigenvalue weighted by molar-refractivity contribution is 5.29. The summed E-state index contributed by atoms with van der Waals surface area (Å²) in [7, 11) is 0. The fourth-order valence-electron chi connectivity index (χ4n) is 2.04. The number of ether oxygens (including phenoxy) is 1. The van der Waals surface area contributed by atoms with Crippen LogP contribution in [-0.4, -0.2) is 31.4 Å². The van der Waals surface area contributed by atoms with Crippen LogP contribution in [0, 0.1) is 0 Å². The lowest BCUT2D eigenvalue weighted by molar-refractivity contribution is 0.282. The van der Waals surface area contributed by atoms with Gasteiger partial charge in [0, 0.05) is 19.2 Å². The smallest absolute Gasteiger partial charge is 0.119 e. The summed E-state index contributed by atoms with van der Waals surface area (Å²) in [4.78, 5) is 0. The number of nitrogens with one attached hydrogen (secondary N) is 1. The minimum Gasteiger partial charge on any atom is -0.494 e. The molecule has 0 fully saturated rings. The Labute approximate surface area is 122 Å². The maximum atomic E-state index is 8.73. The molecule has 4 heteroatoms. The normalized spacial score (nSPS) is 12.3. The summed E-state index contributed by atoms with van der Waals surface area (Å²) in [6.07, 6.45) is 4.00. The van der Waals surface area contributed by atoms with E-state index in [-0.39, 0.29) is 12.6 Å². The quantitative estimate of drug-likeness (QED) is 0.544. The van der Waals surface area contributed by atoms with Crippen molar-refractivity contribution < 1.29 is 9.84 Å². The Morgan fingerprint density at radius 2 is 1.95 bits per heavy atom. The van der Waals surface area contributed by atoms with E-state index in [2.05, 4.69) is 24.4 Å². The number of aliphatic hydroxyl groups excluding tert-OH is 1.